The zero-order valence-corrected chi connectivity index (χ0v) is 20.4. The molecule has 168 valence electrons. The maximum Gasteiger partial charge on any atom is 0.0543 e. The first-order chi connectivity index (χ1) is 13.7. The minimum Gasteiger partial charge on any atom is -0.393 e. The molecular weight excluding hydrogens is 352 g/mol. The molecule has 0 unspecified atom stereocenters. The van der Waals surface area contributed by atoms with E-state index in [2.05, 4.69) is 41.5 Å². The first kappa shape index (κ1) is 22.2. The van der Waals surface area contributed by atoms with Crippen LogP contribution in [0, 0.1) is 58.2 Å². The van der Waals surface area contributed by atoms with E-state index in [0.717, 1.165) is 60.2 Å². The van der Waals surface area contributed by atoms with Crippen molar-refractivity contribution in [3.05, 3.63) is 0 Å². The summed E-state index contributed by atoms with van der Waals surface area (Å²) in [6.45, 7) is 15.2. The number of hydrogen-bond donors (Lipinski definition) is 1. The predicted molar refractivity (Wildman–Crippen MR) is 124 cm³/mol. The fourth-order valence-electron chi connectivity index (χ4n) is 9.27. The fraction of sp³-hybridized carbons (Fsp3) is 1.00. The topological polar surface area (TPSA) is 20.2 Å². The van der Waals surface area contributed by atoms with E-state index in [4.69, 9.17) is 0 Å². The summed E-state index contributed by atoms with van der Waals surface area (Å²) in [6, 6.07) is 0. The zero-order valence-electron chi connectivity index (χ0n) is 20.4. The molecule has 0 aromatic heterocycles. The van der Waals surface area contributed by atoms with Crippen LogP contribution < -0.4 is 0 Å². The van der Waals surface area contributed by atoms with Gasteiger partial charge in [-0.25, -0.2) is 0 Å². The number of rotatable bonds is 5. The molecular formula is C28H50O. The molecule has 4 saturated carbocycles. The summed E-state index contributed by atoms with van der Waals surface area (Å²) in [7, 11) is 0. The third-order valence-corrected chi connectivity index (χ3v) is 11.6. The van der Waals surface area contributed by atoms with Gasteiger partial charge in [0.25, 0.3) is 0 Å². The van der Waals surface area contributed by atoms with Gasteiger partial charge in [-0.05, 0) is 116 Å². The highest BCUT2D eigenvalue weighted by Gasteiger charge is 2.60. The van der Waals surface area contributed by atoms with Gasteiger partial charge in [0.2, 0.25) is 0 Å². The van der Waals surface area contributed by atoms with Crippen LogP contribution in [0.25, 0.3) is 0 Å². The summed E-state index contributed by atoms with van der Waals surface area (Å²) in [4.78, 5) is 0. The van der Waals surface area contributed by atoms with Gasteiger partial charge >= 0.3 is 0 Å². The lowest BCUT2D eigenvalue weighted by atomic mass is 9.44. The van der Waals surface area contributed by atoms with E-state index in [0.29, 0.717) is 10.8 Å². The van der Waals surface area contributed by atoms with E-state index in [9.17, 15) is 5.11 Å². The molecule has 1 heteroatoms. The van der Waals surface area contributed by atoms with Gasteiger partial charge < -0.3 is 5.11 Å². The second kappa shape index (κ2) is 8.14. The summed E-state index contributed by atoms with van der Waals surface area (Å²) in [6.07, 6.45) is 15.1. The highest BCUT2D eigenvalue weighted by Crippen LogP contribution is 2.68. The molecule has 1 nitrogen and oxygen atoms in total. The smallest absolute Gasteiger partial charge is 0.0543 e. The Hall–Kier alpha value is -0.0400. The van der Waals surface area contributed by atoms with E-state index < -0.39 is 0 Å². The van der Waals surface area contributed by atoms with E-state index in [1.165, 1.54) is 57.8 Å². The Labute approximate surface area is 181 Å². The van der Waals surface area contributed by atoms with E-state index >= 15 is 0 Å². The average Bonchev–Trinajstić information content (AvgIpc) is 3.03. The molecule has 0 saturated heterocycles. The van der Waals surface area contributed by atoms with Gasteiger partial charge in [0.05, 0.1) is 6.10 Å². The van der Waals surface area contributed by atoms with Gasteiger partial charge in [-0.3, -0.25) is 0 Å². The maximum atomic E-state index is 10.3. The van der Waals surface area contributed by atoms with Crippen LogP contribution in [0.2, 0.25) is 0 Å². The largest absolute Gasteiger partial charge is 0.393 e. The minimum atomic E-state index is -0.0107. The van der Waals surface area contributed by atoms with Crippen molar-refractivity contribution in [2.45, 2.75) is 118 Å². The third-order valence-electron chi connectivity index (χ3n) is 11.6. The standard InChI is InChI=1S/C28H50O/c1-18(2)19(3)7-8-20(4)24-11-12-25-23-10-9-21-17-22(29)13-15-27(21,5)26(23)14-16-28(24,25)6/h18-26,29H,7-17H2,1-6H3/t19-,20+,21-,22-,23-,24+,25-,26-,27-,28+/m0/s1. The summed E-state index contributed by atoms with van der Waals surface area (Å²) < 4.78 is 0. The van der Waals surface area contributed by atoms with Gasteiger partial charge in [0.1, 0.15) is 0 Å². The molecule has 10 atom stereocenters. The molecule has 0 radical (unpaired) electrons. The van der Waals surface area contributed by atoms with Crippen LogP contribution in [0.1, 0.15) is 112 Å². The molecule has 0 spiro atoms. The fourth-order valence-corrected chi connectivity index (χ4v) is 9.27. The van der Waals surface area contributed by atoms with Crippen LogP contribution >= 0.6 is 0 Å². The van der Waals surface area contributed by atoms with Crippen LogP contribution in [0.3, 0.4) is 0 Å². The SMILES string of the molecule is CC(C)[C@@H](C)CC[C@@H](C)[C@H]1CC[C@H]2[C@@H]3CC[C@H]4C[C@@H](O)CC[C@]4(C)[C@H]3CC[C@]12C. The van der Waals surface area contributed by atoms with Crippen molar-refractivity contribution in [1.82, 2.24) is 0 Å². The Morgan fingerprint density at radius 3 is 2.21 bits per heavy atom. The second-order valence-electron chi connectivity index (χ2n) is 13.1. The van der Waals surface area contributed by atoms with Crippen LogP contribution in [-0.4, -0.2) is 11.2 Å². The van der Waals surface area contributed by atoms with E-state index in [-0.39, 0.29) is 6.10 Å². The molecule has 0 bridgehead atoms. The van der Waals surface area contributed by atoms with Crippen molar-refractivity contribution in [1.29, 1.82) is 0 Å². The number of aliphatic hydroxyl groups excluding tert-OH is 1. The number of hydrogen-bond acceptors (Lipinski definition) is 1. The predicted octanol–water partition coefficient (Wildman–Crippen LogP) is 7.71. The number of fused-ring (bicyclic) bond motifs is 5. The van der Waals surface area contributed by atoms with Crippen molar-refractivity contribution < 1.29 is 5.11 Å². The van der Waals surface area contributed by atoms with Gasteiger partial charge in [0, 0.05) is 0 Å². The zero-order chi connectivity index (χ0) is 21.0. The summed E-state index contributed by atoms with van der Waals surface area (Å²) in [5.74, 6) is 7.28. The Morgan fingerprint density at radius 2 is 1.48 bits per heavy atom. The van der Waals surface area contributed by atoms with Gasteiger partial charge in [-0.2, -0.15) is 0 Å². The molecule has 29 heavy (non-hydrogen) atoms. The molecule has 4 fully saturated rings. The summed E-state index contributed by atoms with van der Waals surface area (Å²) in [5, 5.41) is 10.3. The minimum absolute atomic E-state index is 0.0107. The molecule has 0 amide bonds. The first-order valence-corrected chi connectivity index (χ1v) is 13.3. The molecule has 1 N–H and O–H groups in total. The summed E-state index contributed by atoms with van der Waals surface area (Å²) >= 11 is 0. The molecule has 0 aromatic carbocycles. The Kier molecular flexibility index (Phi) is 6.22. The second-order valence-corrected chi connectivity index (χ2v) is 13.1. The Balaban J connectivity index is 1.46. The van der Waals surface area contributed by atoms with Crippen molar-refractivity contribution in [3.8, 4) is 0 Å². The maximum absolute atomic E-state index is 10.3. The average molecular weight is 403 g/mol. The monoisotopic (exact) mass is 402 g/mol. The molecule has 4 aliphatic carbocycles. The van der Waals surface area contributed by atoms with E-state index in [1.54, 1.807) is 0 Å². The lowest BCUT2D eigenvalue weighted by molar-refractivity contribution is -0.129. The molecule has 4 aliphatic rings. The van der Waals surface area contributed by atoms with Crippen LogP contribution in [0.5, 0.6) is 0 Å². The van der Waals surface area contributed by atoms with Crippen molar-refractivity contribution >= 4 is 0 Å². The normalized spacial score (nSPS) is 49.2. The highest BCUT2D eigenvalue weighted by molar-refractivity contribution is 5.09. The highest BCUT2D eigenvalue weighted by atomic mass is 16.3. The molecule has 0 aromatic rings. The van der Waals surface area contributed by atoms with Crippen molar-refractivity contribution in [3.63, 3.8) is 0 Å². The Bertz CT molecular complexity index is 569. The first-order valence-electron chi connectivity index (χ1n) is 13.3. The van der Waals surface area contributed by atoms with Crippen LogP contribution in [-0.2, 0) is 0 Å². The molecule has 0 aliphatic heterocycles. The lowest BCUT2D eigenvalue weighted by Gasteiger charge is -2.61. The van der Waals surface area contributed by atoms with Gasteiger partial charge in [0.15, 0.2) is 0 Å². The molecule has 4 rings (SSSR count). The quantitative estimate of drug-likeness (QED) is 0.499. The third kappa shape index (κ3) is 3.74. The van der Waals surface area contributed by atoms with Gasteiger partial charge in [-0.15, -0.1) is 0 Å². The molecule has 0 heterocycles. The van der Waals surface area contributed by atoms with Crippen LogP contribution in [0.15, 0.2) is 0 Å². The van der Waals surface area contributed by atoms with Crippen molar-refractivity contribution in [2.75, 3.05) is 0 Å². The van der Waals surface area contributed by atoms with E-state index in [1.807, 2.05) is 0 Å². The Morgan fingerprint density at radius 1 is 0.793 bits per heavy atom. The van der Waals surface area contributed by atoms with Crippen LogP contribution in [0.4, 0.5) is 0 Å². The lowest BCUT2D eigenvalue weighted by Crippen LogP contribution is -2.54. The van der Waals surface area contributed by atoms with Gasteiger partial charge in [-0.1, -0.05) is 54.4 Å². The summed E-state index contributed by atoms with van der Waals surface area (Å²) in [5.41, 5.74) is 1.14. The van der Waals surface area contributed by atoms with Crippen molar-refractivity contribution in [2.24, 2.45) is 58.2 Å². The number of aliphatic hydroxyl groups is 1.